The number of thioether (sulfide) groups is 1. The third-order valence-corrected chi connectivity index (χ3v) is 4.57. The SMILES string of the molecule is CCCNC(C)(C#N)CSc1ccc2ccccc2c1. The predicted octanol–water partition coefficient (Wildman–Crippen LogP) is 4.21. The average Bonchev–Trinajstić information content (AvgIpc) is 2.51. The number of rotatable bonds is 6. The van der Waals surface area contributed by atoms with Crippen LogP contribution in [0.1, 0.15) is 20.3 Å². The van der Waals surface area contributed by atoms with Crippen molar-refractivity contribution in [3.63, 3.8) is 0 Å². The number of fused-ring (bicyclic) bond motifs is 1. The lowest BCUT2D eigenvalue weighted by molar-refractivity contribution is 0.493. The third kappa shape index (κ3) is 3.75. The smallest absolute Gasteiger partial charge is 0.113 e. The second kappa shape index (κ2) is 6.78. The van der Waals surface area contributed by atoms with Crippen LogP contribution in [0.15, 0.2) is 47.4 Å². The molecule has 0 radical (unpaired) electrons. The van der Waals surface area contributed by atoms with Crippen molar-refractivity contribution in [2.24, 2.45) is 0 Å². The quantitative estimate of drug-likeness (QED) is 0.807. The Kier molecular flexibility index (Phi) is 5.05. The van der Waals surface area contributed by atoms with Crippen molar-refractivity contribution in [3.8, 4) is 6.07 Å². The largest absolute Gasteiger partial charge is 0.299 e. The molecule has 2 nitrogen and oxygen atoms in total. The summed E-state index contributed by atoms with van der Waals surface area (Å²) >= 11 is 1.73. The van der Waals surface area contributed by atoms with E-state index in [9.17, 15) is 5.26 Å². The number of nitrogens with one attached hydrogen (secondary N) is 1. The lowest BCUT2D eigenvalue weighted by Gasteiger charge is -2.22. The first kappa shape index (κ1) is 14.9. The molecule has 104 valence electrons. The Labute approximate surface area is 125 Å². The summed E-state index contributed by atoms with van der Waals surface area (Å²) in [6.45, 7) is 4.96. The van der Waals surface area contributed by atoms with Gasteiger partial charge in [0.1, 0.15) is 5.54 Å². The first-order chi connectivity index (χ1) is 9.67. The van der Waals surface area contributed by atoms with Crippen molar-refractivity contribution in [3.05, 3.63) is 42.5 Å². The lowest BCUT2D eigenvalue weighted by atomic mass is 10.1. The van der Waals surface area contributed by atoms with E-state index in [4.69, 9.17) is 0 Å². The van der Waals surface area contributed by atoms with Crippen molar-refractivity contribution in [1.29, 1.82) is 5.26 Å². The van der Waals surface area contributed by atoms with Crippen LogP contribution in [0.4, 0.5) is 0 Å². The van der Waals surface area contributed by atoms with Gasteiger partial charge in [0.25, 0.3) is 0 Å². The fourth-order valence-corrected chi connectivity index (χ4v) is 3.01. The molecular formula is C17H20N2S. The van der Waals surface area contributed by atoms with Crippen LogP contribution in [0.3, 0.4) is 0 Å². The monoisotopic (exact) mass is 284 g/mol. The lowest BCUT2D eigenvalue weighted by Crippen LogP contribution is -2.43. The van der Waals surface area contributed by atoms with Gasteiger partial charge in [0.05, 0.1) is 6.07 Å². The van der Waals surface area contributed by atoms with Gasteiger partial charge in [0, 0.05) is 10.6 Å². The molecule has 1 unspecified atom stereocenters. The topological polar surface area (TPSA) is 35.8 Å². The van der Waals surface area contributed by atoms with Crippen molar-refractivity contribution < 1.29 is 0 Å². The summed E-state index contributed by atoms with van der Waals surface area (Å²) < 4.78 is 0. The number of hydrogen-bond acceptors (Lipinski definition) is 3. The van der Waals surface area contributed by atoms with E-state index in [1.807, 2.05) is 6.92 Å². The highest BCUT2D eigenvalue weighted by molar-refractivity contribution is 7.99. The van der Waals surface area contributed by atoms with Crippen LogP contribution < -0.4 is 5.32 Å². The molecule has 0 aromatic heterocycles. The minimum atomic E-state index is -0.466. The summed E-state index contributed by atoms with van der Waals surface area (Å²) in [5, 5.41) is 15.2. The Hall–Kier alpha value is -1.50. The van der Waals surface area contributed by atoms with Crippen molar-refractivity contribution in [1.82, 2.24) is 5.32 Å². The van der Waals surface area contributed by atoms with Gasteiger partial charge in [-0.2, -0.15) is 5.26 Å². The van der Waals surface area contributed by atoms with Gasteiger partial charge in [0.2, 0.25) is 0 Å². The summed E-state index contributed by atoms with van der Waals surface area (Å²) in [5.74, 6) is 0.752. The van der Waals surface area contributed by atoms with E-state index < -0.39 is 5.54 Å². The summed E-state index contributed by atoms with van der Waals surface area (Å²) in [5.41, 5.74) is -0.466. The van der Waals surface area contributed by atoms with Crippen LogP contribution in [-0.4, -0.2) is 17.8 Å². The Bertz CT molecular complexity index is 618. The highest BCUT2D eigenvalue weighted by Crippen LogP contribution is 2.26. The Morgan fingerprint density at radius 2 is 1.95 bits per heavy atom. The molecule has 0 aliphatic carbocycles. The third-order valence-electron chi connectivity index (χ3n) is 3.26. The fraction of sp³-hybridized carbons (Fsp3) is 0.353. The molecule has 0 aliphatic heterocycles. The van der Waals surface area contributed by atoms with E-state index in [-0.39, 0.29) is 0 Å². The van der Waals surface area contributed by atoms with E-state index in [0.717, 1.165) is 18.7 Å². The molecule has 0 spiro atoms. The van der Waals surface area contributed by atoms with E-state index in [1.54, 1.807) is 11.8 Å². The minimum absolute atomic E-state index is 0.466. The highest BCUT2D eigenvalue weighted by Gasteiger charge is 2.22. The van der Waals surface area contributed by atoms with E-state index in [2.05, 4.69) is 60.8 Å². The standard InChI is InChI=1S/C17H20N2S/c1-3-10-19-17(2,12-18)13-20-16-9-8-14-6-4-5-7-15(14)11-16/h4-9,11,19H,3,10,13H2,1-2H3. The van der Waals surface area contributed by atoms with Gasteiger partial charge >= 0.3 is 0 Å². The maximum atomic E-state index is 9.34. The maximum absolute atomic E-state index is 9.34. The highest BCUT2D eigenvalue weighted by atomic mass is 32.2. The summed E-state index contributed by atoms with van der Waals surface area (Å²) in [6.07, 6.45) is 1.04. The van der Waals surface area contributed by atoms with Crippen LogP contribution in [-0.2, 0) is 0 Å². The molecule has 2 aromatic rings. The zero-order chi connectivity index (χ0) is 14.4. The molecular weight excluding hydrogens is 264 g/mol. The Balaban J connectivity index is 2.06. The molecule has 0 fully saturated rings. The zero-order valence-electron chi connectivity index (χ0n) is 12.0. The van der Waals surface area contributed by atoms with Crippen molar-refractivity contribution >= 4 is 22.5 Å². The van der Waals surface area contributed by atoms with Crippen LogP contribution in [0.25, 0.3) is 10.8 Å². The van der Waals surface area contributed by atoms with E-state index in [0.29, 0.717) is 0 Å². The van der Waals surface area contributed by atoms with Crippen LogP contribution >= 0.6 is 11.8 Å². The normalized spacial score (nSPS) is 13.8. The molecule has 0 amide bonds. The van der Waals surface area contributed by atoms with E-state index >= 15 is 0 Å². The molecule has 0 heterocycles. The molecule has 3 heteroatoms. The number of benzene rings is 2. The van der Waals surface area contributed by atoms with Gasteiger partial charge in [-0.1, -0.05) is 37.3 Å². The second-order valence-electron chi connectivity index (χ2n) is 5.17. The summed E-state index contributed by atoms with van der Waals surface area (Å²) in [4.78, 5) is 1.21. The van der Waals surface area contributed by atoms with Gasteiger partial charge in [-0.3, -0.25) is 5.32 Å². The summed E-state index contributed by atoms with van der Waals surface area (Å²) in [7, 11) is 0. The Morgan fingerprint density at radius 3 is 2.65 bits per heavy atom. The minimum Gasteiger partial charge on any atom is -0.299 e. The first-order valence-electron chi connectivity index (χ1n) is 6.95. The second-order valence-corrected chi connectivity index (χ2v) is 6.22. The van der Waals surface area contributed by atoms with Gasteiger partial charge < -0.3 is 0 Å². The fourth-order valence-electron chi connectivity index (χ4n) is 2.01. The maximum Gasteiger partial charge on any atom is 0.113 e. The number of hydrogen-bond donors (Lipinski definition) is 1. The zero-order valence-corrected chi connectivity index (χ0v) is 12.8. The van der Waals surface area contributed by atoms with Gasteiger partial charge in [0.15, 0.2) is 0 Å². The van der Waals surface area contributed by atoms with Gasteiger partial charge in [-0.25, -0.2) is 0 Å². The molecule has 1 atom stereocenters. The van der Waals surface area contributed by atoms with E-state index in [1.165, 1.54) is 15.7 Å². The predicted molar refractivity (Wildman–Crippen MR) is 87.0 cm³/mol. The molecule has 2 rings (SSSR count). The molecule has 20 heavy (non-hydrogen) atoms. The van der Waals surface area contributed by atoms with Gasteiger partial charge in [-0.05, 0) is 42.8 Å². The molecule has 0 bridgehead atoms. The molecule has 0 saturated heterocycles. The number of nitriles is 1. The molecule has 0 saturated carbocycles. The molecule has 0 aliphatic rings. The summed E-state index contributed by atoms with van der Waals surface area (Å²) in [6, 6.07) is 17.2. The Morgan fingerprint density at radius 1 is 1.20 bits per heavy atom. The molecule has 1 N–H and O–H groups in total. The average molecular weight is 284 g/mol. The number of nitrogens with zero attached hydrogens (tertiary/aromatic N) is 1. The van der Waals surface area contributed by atoms with Crippen LogP contribution in [0, 0.1) is 11.3 Å². The first-order valence-corrected chi connectivity index (χ1v) is 7.93. The van der Waals surface area contributed by atoms with Crippen LogP contribution in [0.2, 0.25) is 0 Å². The van der Waals surface area contributed by atoms with Crippen LogP contribution in [0.5, 0.6) is 0 Å². The van der Waals surface area contributed by atoms with Gasteiger partial charge in [-0.15, -0.1) is 11.8 Å². The molecule has 2 aromatic carbocycles. The van der Waals surface area contributed by atoms with Crippen molar-refractivity contribution in [2.75, 3.05) is 12.3 Å². The van der Waals surface area contributed by atoms with Crippen molar-refractivity contribution in [2.45, 2.75) is 30.7 Å².